The average Bonchev–Trinajstić information content (AvgIpc) is 2.52. The number of nitrogens with one attached hydrogen (secondary N) is 1. The molecule has 7 heteroatoms. The number of aliphatic hydroxyl groups is 1. The molecule has 1 heterocycles. The molecule has 1 aromatic rings. The van der Waals surface area contributed by atoms with Crippen LogP contribution in [0, 0.1) is 0 Å². The molecule has 1 aliphatic rings. The topological polar surface area (TPSA) is 93.8 Å². The lowest BCUT2D eigenvalue weighted by atomic mass is 9.96. The molecule has 4 N–H and O–H groups in total. The number of benzene rings is 1. The quantitative estimate of drug-likeness (QED) is 0.732. The summed E-state index contributed by atoms with van der Waals surface area (Å²) in [5, 5.41) is 13.3. The molecule has 23 heavy (non-hydrogen) atoms. The first-order valence-electron chi connectivity index (χ1n) is 7.69. The van der Waals surface area contributed by atoms with Crippen molar-refractivity contribution >= 4 is 17.5 Å². The second kappa shape index (κ2) is 7.38. The number of hydrogen-bond donors (Lipinski definition) is 3. The fourth-order valence-corrected chi connectivity index (χ4v) is 2.74. The summed E-state index contributed by atoms with van der Waals surface area (Å²) in [6.07, 6.45) is 0.468. The number of carbonyl (C=O) groups excluding carboxylic acids is 1. The van der Waals surface area contributed by atoms with Gasteiger partial charge in [0, 0.05) is 6.54 Å². The third-order valence-corrected chi connectivity index (χ3v) is 4.03. The van der Waals surface area contributed by atoms with Crippen LogP contribution in [0.5, 0.6) is 11.5 Å². The van der Waals surface area contributed by atoms with Crippen molar-refractivity contribution in [3.63, 3.8) is 0 Å². The zero-order chi connectivity index (χ0) is 17.0. The van der Waals surface area contributed by atoms with Gasteiger partial charge in [0.25, 0.3) is 0 Å². The van der Waals surface area contributed by atoms with Gasteiger partial charge in [0.1, 0.15) is 13.2 Å². The summed E-state index contributed by atoms with van der Waals surface area (Å²) in [5.74, 6) is 0.691. The van der Waals surface area contributed by atoms with Crippen LogP contribution < -0.4 is 20.5 Å². The van der Waals surface area contributed by atoms with Gasteiger partial charge in [0.2, 0.25) is 5.91 Å². The Morgan fingerprint density at radius 1 is 1.48 bits per heavy atom. The Kier molecular flexibility index (Phi) is 5.73. The second-order valence-electron chi connectivity index (χ2n) is 5.92. The Labute approximate surface area is 140 Å². The van der Waals surface area contributed by atoms with E-state index in [-0.39, 0.29) is 12.5 Å². The van der Waals surface area contributed by atoms with Crippen LogP contribution in [-0.2, 0) is 4.79 Å². The molecule has 0 saturated heterocycles. The van der Waals surface area contributed by atoms with Crippen LogP contribution in [0.3, 0.4) is 0 Å². The minimum atomic E-state index is -0.946. The summed E-state index contributed by atoms with van der Waals surface area (Å²) in [6, 6.07) is 3.28. The van der Waals surface area contributed by atoms with Gasteiger partial charge in [-0.2, -0.15) is 0 Å². The summed E-state index contributed by atoms with van der Waals surface area (Å²) in [6.45, 7) is 4.56. The third kappa shape index (κ3) is 4.28. The minimum absolute atomic E-state index is 0.0469. The van der Waals surface area contributed by atoms with Gasteiger partial charge in [-0.1, -0.05) is 24.9 Å². The van der Waals surface area contributed by atoms with E-state index in [9.17, 15) is 9.90 Å². The standard InChI is InChI=1S/C16H23ClN2O4/c1-3-4-16(2,18)15(21)19-9-12(20)10-7-11(17)14-13(8-10)22-5-6-23-14/h7-8,12,20H,3-6,9,18H2,1-2H3,(H,19,21). The van der Waals surface area contributed by atoms with Crippen LogP contribution in [-0.4, -0.2) is 36.3 Å². The number of ether oxygens (including phenoxy) is 2. The van der Waals surface area contributed by atoms with Gasteiger partial charge in [0.15, 0.2) is 11.5 Å². The van der Waals surface area contributed by atoms with E-state index in [1.54, 1.807) is 19.1 Å². The van der Waals surface area contributed by atoms with Crippen LogP contribution in [0.2, 0.25) is 5.02 Å². The van der Waals surface area contributed by atoms with Gasteiger partial charge >= 0.3 is 0 Å². The van der Waals surface area contributed by atoms with Crippen LogP contribution in [0.25, 0.3) is 0 Å². The molecule has 1 aromatic carbocycles. The molecule has 0 saturated carbocycles. The van der Waals surface area contributed by atoms with Crippen LogP contribution in [0.15, 0.2) is 12.1 Å². The lowest BCUT2D eigenvalue weighted by molar-refractivity contribution is -0.126. The molecular formula is C16H23ClN2O4. The number of carbonyl (C=O) groups is 1. The Morgan fingerprint density at radius 2 is 2.17 bits per heavy atom. The molecule has 2 rings (SSSR count). The molecule has 1 amide bonds. The van der Waals surface area contributed by atoms with Gasteiger partial charge < -0.3 is 25.6 Å². The van der Waals surface area contributed by atoms with Crippen molar-refractivity contribution < 1.29 is 19.4 Å². The molecule has 2 atom stereocenters. The SMILES string of the molecule is CCCC(C)(N)C(=O)NCC(O)c1cc(Cl)c2c(c1)OCCO2. The predicted molar refractivity (Wildman–Crippen MR) is 87.9 cm³/mol. The average molecular weight is 343 g/mol. The van der Waals surface area contributed by atoms with E-state index in [0.29, 0.717) is 41.7 Å². The van der Waals surface area contributed by atoms with E-state index in [2.05, 4.69) is 5.32 Å². The molecule has 2 unspecified atom stereocenters. The zero-order valence-corrected chi connectivity index (χ0v) is 14.2. The van der Waals surface area contributed by atoms with Crippen LogP contribution >= 0.6 is 11.6 Å². The number of aliphatic hydroxyl groups excluding tert-OH is 1. The number of hydrogen-bond acceptors (Lipinski definition) is 5. The summed E-state index contributed by atoms with van der Waals surface area (Å²) in [4.78, 5) is 12.1. The van der Waals surface area contributed by atoms with Crippen molar-refractivity contribution in [3.8, 4) is 11.5 Å². The lowest BCUT2D eigenvalue weighted by Crippen LogP contribution is -2.52. The van der Waals surface area contributed by atoms with E-state index < -0.39 is 11.6 Å². The first-order valence-corrected chi connectivity index (χ1v) is 8.07. The molecule has 6 nitrogen and oxygen atoms in total. The molecule has 0 aromatic heterocycles. The molecule has 0 aliphatic carbocycles. The summed E-state index contributed by atoms with van der Waals surface area (Å²) in [7, 11) is 0. The fraction of sp³-hybridized carbons (Fsp3) is 0.562. The molecule has 128 valence electrons. The highest BCUT2D eigenvalue weighted by atomic mass is 35.5. The van der Waals surface area contributed by atoms with E-state index in [4.69, 9.17) is 26.8 Å². The van der Waals surface area contributed by atoms with Gasteiger partial charge in [-0.05, 0) is 31.0 Å². The first-order chi connectivity index (χ1) is 10.8. The monoisotopic (exact) mass is 342 g/mol. The summed E-state index contributed by atoms with van der Waals surface area (Å²) in [5.41, 5.74) is 5.56. The largest absolute Gasteiger partial charge is 0.486 e. The van der Waals surface area contributed by atoms with Gasteiger partial charge in [0.05, 0.1) is 16.7 Å². The van der Waals surface area contributed by atoms with E-state index in [1.807, 2.05) is 6.92 Å². The molecule has 0 spiro atoms. The smallest absolute Gasteiger partial charge is 0.239 e. The van der Waals surface area contributed by atoms with Gasteiger partial charge in [-0.15, -0.1) is 0 Å². The number of rotatable bonds is 6. The second-order valence-corrected chi connectivity index (χ2v) is 6.33. The number of nitrogens with two attached hydrogens (primary N) is 1. The predicted octanol–water partition coefficient (Wildman–Crippen LogP) is 1.78. The minimum Gasteiger partial charge on any atom is -0.486 e. The maximum atomic E-state index is 12.1. The first kappa shape index (κ1) is 17.8. The van der Waals surface area contributed by atoms with Crippen molar-refractivity contribution in [3.05, 3.63) is 22.7 Å². The molecule has 0 radical (unpaired) electrons. The zero-order valence-electron chi connectivity index (χ0n) is 13.4. The molecule has 0 bridgehead atoms. The maximum absolute atomic E-state index is 12.1. The number of amides is 1. The van der Waals surface area contributed by atoms with Crippen molar-refractivity contribution in [1.29, 1.82) is 0 Å². The van der Waals surface area contributed by atoms with Crippen molar-refractivity contribution in [1.82, 2.24) is 5.32 Å². The normalized spacial score (nSPS) is 17.3. The Morgan fingerprint density at radius 3 is 2.87 bits per heavy atom. The molecule has 0 fully saturated rings. The highest BCUT2D eigenvalue weighted by Crippen LogP contribution is 2.39. The van der Waals surface area contributed by atoms with Gasteiger partial charge in [-0.3, -0.25) is 4.79 Å². The van der Waals surface area contributed by atoms with E-state index in [1.165, 1.54) is 0 Å². The van der Waals surface area contributed by atoms with Crippen LogP contribution in [0.4, 0.5) is 0 Å². The third-order valence-electron chi connectivity index (χ3n) is 3.75. The van der Waals surface area contributed by atoms with Crippen molar-refractivity contribution in [2.24, 2.45) is 5.73 Å². The Bertz CT molecular complexity index is 577. The van der Waals surface area contributed by atoms with Crippen LogP contribution in [0.1, 0.15) is 38.4 Å². The van der Waals surface area contributed by atoms with Crippen molar-refractivity contribution in [2.45, 2.75) is 38.3 Å². The Hall–Kier alpha value is -1.50. The molecule has 1 aliphatic heterocycles. The number of halogens is 1. The van der Waals surface area contributed by atoms with E-state index in [0.717, 1.165) is 6.42 Å². The fourth-order valence-electron chi connectivity index (χ4n) is 2.47. The Balaban J connectivity index is 2.02. The summed E-state index contributed by atoms with van der Waals surface area (Å²) < 4.78 is 10.9. The maximum Gasteiger partial charge on any atom is 0.239 e. The van der Waals surface area contributed by atoms with E-state index >= 15 is 0 Å². The number of fused-ring (bicyclic) bond motifs is 1. The highest BCUT2D eigenvalue weighted by molar-refractivity contribution is 6.32. The lowest BCUT2D eigenvalue weighted by Gasteiger charge is -2.24. The molecular weight excluding hydrogens is 320 g/mol. The summed E-state index contributed by atoms with van der Waals surface area (Å²) >= 11 is 6.14. The van der Waals surface area contributed by atoms with Gasteiger partial charge in [-0.25, -0.2) is 0 Å². The highest BCUT2D eigenvalue weighted by Gasteiger charge is 2.27. The van der Waals surface area contributed by atoms with Crippen molar-refractivity contribution in [2.75, 3.05) is 19.8 Å².